The summed E-state index contributed by atoms with van der Waals surface area (Å²) < 4.78 is 5.17. The van der Waals surface area contributed by atoms with Crippen LogP contribution >= 0.6 is 0 Å². The molecule has 0 fully saturated rings. The van der Waals surface area contributed by atoms with Crippen molar-refractivity contribution in [3.63, 3.8) is 0 Å². The molecule has 0 aromatic carbocycles. The van der Waals surface area contributed by atoms with Gasteiger partial charge >= 0.3 is 0 Å². The zero-order chi connectivity index (χ0) is 10.4. The molecule has 0 unspecified atom stereocenters. The van der Waals surface area contributed by atoms with Crippen LogP contribution in [-0.4, -0.2) is 19.5 Å². The minimum atomic E-state index is -0.0608. The predicted molar refractivity (Wildman–Crippen MR) is 53.8 cm³/mol. The molecule has 78 valence electrons. The highest BCUT2D eigenvalue weighted by Crippen LogP contribution is 2.11. The number of rotatable bonds is 5. The Bertz CT molecular complexity index is 270. The van der Waals surface area contributed by atoms with Gasteiger partial charge in [0.05, 0.1) is 12.3 Å². The van der Waals surface area contributed by atoms with Gasteiger partial charge in [0.15, 0.2) is 0 Å². The smallest absolute Gasteiger partial charge is 0.221 e. The number of carbonyl (C=O) groups is 1. The van der Waals surface area contributed by atoms with Crippen LogP contribution < -0.4 is 10.6 Å². The zero-order valence-electron chi connectivity index (χ0n) is 8.54. The minimum absolute atomic E-state index is 0.0308. The van der Waals surface area contributed by atoms with Gasteiger partial charge in [0.2, 0.25) is 5.91 Å². The van der Waals surface area contributed by atoms with E-state index in [-0.39, 0.29) is 11.9 Å². The fourth-order valence-electron chi connectivity index (χ4n) is 1.16. The average Bonchev–Trinajstić information content (AvgIpc) is 2.67. The second-order valence-corrected chi connectivity index (χ2v) is 3.16. The highest BCUT2D eigenvalue weighted by atomic mass is 16.3. The van der Waals surface area contributed by atoms with E-state index < -0.39 is 0 Å². The average molecular weight is 196 g/mol. The van der Waals surface area contributed by atoms with Gasteiger partial charge in [-0.05, 0) is 26.1 Å². The molecule has 0 aliphatic carbocycles. The lowest BCUT2D eigenvalue weighted by Crippen LogP contribution is -2.28. The van der Waals surface area contributed by atoms with Crippen LogP contribution in [0.5, 0.6) is 0 Å². The molecule has 14 heavy (non-hydrogen) atoms. The van der Waals surface area contributed by atoms with Gasteiger partial charge in [-0.15, -0.1) is 0 Å². The van der Waals surface area contributed by atoms with Crippen LogP contribution in [-0.2, 0) is 4.79 Å². The molecular weight excluding hydrogens is 180 g/mol. The third-order valence-electron chi connectivity index (χ3n) is 1.95. The van der Waals surface area contributed by atoms with Gasteiger partial charge in [0.25, 0.3) is 0 Å². The van der Waals surface area contributed by atoms with Crippen molar-refractivity contribution < 1.29 is 9.21 Å². The predicted octanol–water partition coefficient (Wildman–Crippen LogP) is 1.07. The minimum Gasteiger partial charge on any atom is -0.467 e. The molecular formula is C10H16N2O2. The number of nitrogens with one attached hydrogen (secondary N) is 2. The van der Waals surface area contributed by atoms with Gasteiger partial charge in [0, 0.05) is 13.0 Å². The summed E-state index contributed by atoms with van der Waals surface area (Å²) in [6.07, 6.45) is 2.09. The Morgan fingerprint density at radius 2 is 2.43 bits per heavy atom. The lowest BCUT2D eigenvalue weighted by atomic mass is 10.2. The summed E-state index contributed by atoms with van der Waals surface area (Å²) in [6.45, 7) is 2.59. The summed E-state index contributed by atoms with van der Waals surface area (Å²) in [6, 6.07) is 3.60. The molecule has 1 amide bonds. The second-order valence-electron chi connectivity index (χ2n) is 3.16. The first kappa shape index (κ1) is 10.8. The summed E-state index contributed by atoms with van der Waals surface area (Å²) in [5.41, 5.74) is 0. The first-order chi connectivity index (χ1) is 6.74. The number of furan rings is 1. The van der Waals surface area contributed by atoms with E-state index in [0.29, 0.717) is 13.0 Å². The van der Waals surface area contributed by atoms with Gasteiger partial charge in [-0.1, -0.05) is 0 Å². The molecule has 1 rings (SSSR count). The third-order valence-corrected chi connectivity index (χ3v) is 1.95. The molecule has 1 atom stereocenters. The van der Waals surface area contributed by atoms with Crippen molar-refractivity contribution >= 4 is 5.91 Å². The van der Waals surface area contributed by atoms with Crippen LogP contribution in [0.2, 0.25) is 0 Å². The van der Waals surface area contributed by atoms with Crippen LogP contribution in [0.1, 0.15) is 25.1 Å². The number of hydrogen-bond donors (Lipinski definition) is 2. The molecule has 4 heteroatoms. The number of hydrogen-bond acceptors (Lipinski definition) is 3. The third kappa shape index (κ3) is 3.22. The van der Waals surface area contributed by atoms with Crippen LogP contribution in [0.25, 0.3) is 0 Å². The summed E-state index contributed by atoms with van der Waals surface area (Å²) in [5.74, 6) is 0.811. The standard InChI is InChI=1S/C10H16N2O2/c1-8(9-4-3-7-14-9)12-10(13)5-6-11-2/h3-4,7-8,11H,5-6H2,1-2H3,(H,12,13)/t8-/m1/s1. The van der Waals surface area contributed by atoms with Gasteiger partial charge < -0.3 is 15.1 Å². The second kappa shape index (κ2) is 5.44. The fraction of sp³-hybridized carbons (Fsp3) is 0.500. The van der Waals surface area contributed by atoms with Gasteiger partial charge in [0.1, 0.15) is 5.76 Å². The summed E-state index contributed by atoms with van der Waals surface area (Å²) in [7, 11) is 1.82. The molecule has 1 aromatic rings. The molecule has 0 spiro atoms. The molecule has 0 bridgehead atoms. The van der Waals surface area contributed by atoms with E-state index in [4.69, 9.17) is 4.42 Å². The monoisotopic (exact) mass is 196 g/mol. The quantitative estimate of drug-likeness (QED) is 0.740. The van der Waals surface area contributed by atoms with Crippen molar-refractivity contribution in [2.24, 2.45) is 0 Å². The highest BCUT2D eigenvalue weighted by Gasteiger charge is 2.10. The van der Waals surface area contributed by atoms with Gasteiger partial charge in [-0.3, -0.25) is 4.79 Å². The molecule has 1 aromatic heterocycles. The van der Waals surface area contributed by atoms with Gasteiger partial charge in [-0.2, -0.15) is 0 Å². The number of carbonyl (C=O) groups excluding carboxylic acids is 1. The Morgan fingerprint density at radius 1 is 1.64 bits per heavy atom. The first-order valence-electron chi connectivity index (χ1n) is 4.71. The maximum atomic E-state index is 11.3. The largest absolute Gasteiger partial charge is 0.467 e. The van der Waals surface area contributed by atoms with E-state index in [9.17, 15) is 4.79 Å². The Balaban J connectivity index is 2.33. The van der Waals surface area contributed by atoms with E-state index in [1.54, 1.807) is 6.26 Å². The summed E-state index contributed by atoms with van der Waals surface area (Å²) >= 11 is 0. The molecule has 0 aliphatic rings. The van der Waals surface area contributed by atoms with Crippen molar-refractivity contribution in [2.75, 3.05) is 13.6 Å². The molecule has 0 radical (unpaired) electrons. The van der Waals surface area contributed by atoms with Crippen molar-refractivity contribution in [1.82, 2.24) is 10.6 Å². The lowest BCUT2D eigenvalue weighted by molar-refractivity contribution is -0.121. The van der Waals surface area contributed by atoms with Gasteiger partial charge in [-0.25, -0.2) is 0 Å². The van der Waals surface area contributed by atoms with Crippen molar-refractivity contribution in [3.05, 3.63) is 24.2 Å². The number of amides is 1. The SMILES string of the molecule is CNCCC(=O)N[C@H](C)c1ccco1. The Morgan fingerprint density at radius 3 is 3.00 bits per heavy atom. The van der Waals surface area contributed by atoms with E-state index in [2.05, 4.69) is 10.6 Å². The topological polar surface area (TPSA) is 54.3 Å². The normalized spacial score (nSPS) is 12.4. The molecule has 2 N–H and O–H groups in total. The van der Waals surface area contributed by atoms with Crippen molar-refractivity contribution in [1.29, 1.82) is 0 Å². The molecule has 4 nitrogen and oxygen atoms in total. The molecule has 0 aliphatic heterocycles. The lowest BCUT2D eigenvalue weighted by Gasteiger charge is -2.10. The maximum Gasteiger partial charge on any atom is 0.221 e. The van der Waals surface area contributed by atoms with Crippen LogP contribution in [0.4, 0.5) is 0 Å². The Hall–Kier alpha value is -1.29. The molecule has 0 saturated heterocycles. The van der Waals surface area contributed by atoms with E-state index in [1.807, 2.05) is 26.1 Å². The van der Waals surface area contributed by atoms with Crippen LogP contribution in [0, 0.1) is 0 Å². The van der Waals surface area contributed by atoms with Crippen LogP contribution in [0.3, 0.4) is 0 Å². The van der Waals surface area contributed by atoms with Crippen LogP contribution in [0.15, 0.2) is 22.8 Å². The molecule has 1 heterocycles. The highest BCUT2D eigenvalue weighted by molar-refractivity contribution is 5.76. The van der Waals surface area contributed by atoms with Crippen molar-refractivity contribution in [3.8, 4) is 0 Å². The fourth-order valence-corrected chi connectivity index (χ4v) is 1.16. The first-order valence-corrected chi connectivity index (χ1v) is 4.71. The van der Waals surface area contributed by atoms with E-state index in [0.717, 1.165) is 5.76 Å². The summed E-state index contributed by atoms with van der Waals surface area (Å²) in [4.78, 5) is 11.3. The molecule has 0 saturated carbocycles. The van der Waals surface area contributed by atoms with E-state index in [1.165, 1.54) is 0 Å². The van der Waals surface area contributed by atoms with E-state index >= 15 is 0 Å². The summed E-state index contributed by atoms with van der Waals surface area (Å²) in [5, 5.41) is 5.77. The zero-order valence-corrected chi connectivity index (χ0v) is 8.54. The Kier molecular flexibility index (Phi) is 4.19. The van der Waals surface area contributed by atoms with Crippen molar-refractivity contribution in [2.45, 2.75) is 19.4 Å². The maximum absolute atomic E-state index is 11.3. The Labute approximate surface area is 83.7 Å².